The molecule has 30 heavy (non-hydrogen) atoms. The number of hydrogen-bond donors (Lipinski definition) is 2. The second kappa shape index (κ2) is 8.84. The first kappa shape index (κ1) is 19.1. The summed E-state index contributed by atoms with van der Waals surface area (Å²) >= 11 is 0. The molecular formula is C25H19N3O2. The maximum absolute atomic E-state index is 12.2. The van der Waals surface area contributed by atoms with Gasteiger partial charge in [0.05, 0.1) is 17.6 Å². The lowest BCUT2D eigenvalue weighted by molar-refractivity contribution is 0.101. The molecule has 1 heterocycles. The van der Waals surface area contributed by atoms with Gasteiger partial charge in [-0.05, 0) is 48.5 Å². The summed E-state index contributed by atoms with van der Waals surface area (Å²) in [6.07, 6.45) is 1.63. The van der Waals surface area contributed by atoms with Crippen LogP contribution in [0.4, 0.5) is 11.4 Å². The van der Waals surface area contributed by atoms with Crippen LogP contribution in [0.5, 0.6) is 0 Å². The average Bonchev–Trinajstić information content (AvgIpc) is 2.81. The predicted molar refractivity (Wildman–Crippen MR) is 118 cm³/mol. The van der Waals surface area contributed by atoms with E-state index in [0.29, 0.717) is 22.5 Å². The molecular weight excluding hydrogens is 374 g/mol. The van der Waals surface area contributed by atoms with Gasteiger partial charge in [-0.2, -0.15) is 0 Å². The summed E-state index contributed by atoms with van der Waals surface area (Å²) in [6.45, 7) is 0. The van der Waals surface area contributed by atoms with Crippen LogP contribution in [0.15, 0.2) is 103 Å². The van der Waals surface area contributed by atoms with Crippen LogP contribution in [0.3, 0.4) is 0 Å². The van der Waals surface area contributed by atoms with E-state index >= 15 is 0 Å². The van der Waals surface area contributed by atoms with Crippen molar-refractivity contribution in [2.75, 3.05) is 10.6 Å². The highest BCUT2D eigenvalue weighted by atomic mass is 16.2. The number of amides is 2. The first-order valence-electron chi connectivity index (χ1n) is 9.48. The lowest BCUT2D eigenvalue weighted by Gasteiger charge is -2.08. The number of nitrogens with zero attached hydrogens (tertiary/aromatic N) is 1. The molecule has 0 aliphatic heterocycles. The van der Waals surface area contributed by atoms with Crippen molar-refractivity contribution in [3.8, 4) is 11.3 Å². The molecule has 0 saturated heterocycles. The maximum atomic E-state index is 12.2. The fraction of sp³-hybridized carbons (Fsp3) is 0. The third-order valence-electron chi connectivity index (χ3n) is 4.53. The van der Waals surface area contributed by atoms with E-state index in [4.69, 9.17) is 0 Å². The van der Waals surface area contributed by atoms with Crippen molar-refractivity contribution in [2.45, 2.75) is 0 Å². The summed E-state index contributed by atoms with van der Waals surface area (Å²) in [5, 5.41) is 5.71. The lowest BCUT2D eigenvalue weighted by Crippen LogP contribution is -2.11. The monoisotopic (exact) mass is 393 g/mol. The zero-order valence-electron chi connectivity index (χ0n) is 16.1. The van der Waals surface area contributed by atoms with Crippen LogP contribution in [-0.4, -0.2) is 16.8 Å². The number of benzene rings is 3. The van der Waals surface area contributed by atoms with E-state index in [9.17, 15) is 9.59 Å². The minimum absolute atomic E-state index is 0.153. The molecule has 3 aromatic carbocycles. The molecule has 2 N–H and O–H groups in total. The Balaban J connectivity index is 1.41. The van der Waals surface area contributed by atoms with Gasteiger partial charge in [0, 0.05) is 22.4 Å². The van der Waals surface area contributed by atoms with Crippen molar-refractivity contribution in [1.82, 2.24) is 4.98 Å². The molecule has 0 radical (unpaired) electrons. The topological polar surface area (TPSA) is 71.1 Å². The molecule has 5 nitrogen and oxygen atoms in total. The quantitative estimate of drug-likeness (QED) is 0.486. The molecule has 4 aromatic rings. The predicted octanol–water partition coefficient (Wildman–Crippen LogP) is 5.25. The number of pyridine rings is 1. The van der Waals surface area contributed by atoms with E-state index in [1.54, 1.807) is 30.5 Å². The number of anilines is 2. The highest BCUT2D eigenvalue weighted by molar-refractivity contribution is 6.04. The Labute approximate surface area is 174 Å². The number of rotatable bonds is 5. The average molecular weight is 393 g/mol. The van der Waals surface area contributed by atoms with E-state index < -0.39 is 0 Å². The largest absolute Gasteiger partial charge is 0.322 e. The van der Waals surface area contributed by atoms with Crippen LogP contribution < -0.4 is 10.6 Å². The number of carbonyl (C=O) groups is 2. The van der Waals surface area contributed by atoms with Crippen LogP contribution in [0, 0.1) is 0 Å². The standard InChI is InChI=1S/C25H19N3O2/c29-24(19-7-3-1-4-8-19)27-21-13-11-18(12-14-21)23-16-15-22(17-26-23)28-25(30)20-9-5-2-6-10-20/h1-17H,(H,27,29)(H,28,30). The van der Waals surface area contributed by atoms with Crippen molar-refractivity contribution in [3.63, 3.8) is 0 Å². The van der Waals surface area contributed by atoms with Gasteiger partial charge < -0.3 is 10.6 Å². The fourth-order valence-corrected chi connectivity index (χ4v) is 2.95. The van der Waals surface area contributed by atoms with Crippen molar-refractivity contribution in [3.05, 3.63) is 114 Å². The van der Waals surface area contributed by atoms with Gasteiger partial charge in [-0.15, -0.1) is 0 Å². The maximum Gasteiger partial charge on any atom is 0.255 e. The summed E-state index contributed by atoms with van der Waals surface area (Å²) in [6, 6.07) is 29.2. The van der Waals surface area contributed by atoms with Crippen LogP contribution in [-0.2, 0) is 0 Å². The summed E-state index contributed by atoms with van der Waals surface area (Å²) in [7, 11) is 0. The van der Waals surface area contributed by atoms with E-state index in [0.717, 1.165) is 11.3 Å². The number of carbonyl (C=O) groups excluding carboxylic acids is 2. The molecule has 0 aliphatic carbocycles. The van der Waals surface area contributed by atoms with Gasteiger partial charge in [-0.3, -0.25) is 14.6 Å². The number of hydrogen-bond acceptors (Lipinski definition) is 3. The second-order valence-electron chi connectivity index (χ2n) is 6.65. The Morgan fingerprint density at radius 1 is 0.567 bits per heavy atom. The molecule has 0 fully saturated rings. The van der Waals surface area contributed by atoms with Crippen LogP contribution in [0.25, 0.3) is 11.3 Å². The Morgan fingerprint density at radius 3 is 1.57 bits per heavy atom. The first-order chi connectivity index (χ1) is 14.7. The fourth-order valence-electron chi connectivity index (χ4n) is 2.95. The third kappa shape index (κ3) is 4.59. The number of aromatic nitrogens is 1. The van der Waals surface area contributed by atoms with E-state index in [1.165, 1.54) is 0 Å². The zero-order chi connectivity index (χ0) is 20.8. The van der Waals surface area contributed by atoms with Crippen molar-refractivity contribution >= 4 is 23.2 Å². The van der Waals surface area contributed by atoms with Gasteiger partial charge >= 0.3 is 0 Å². The van der Waals surface area contributed by atoms with Gasteiger partial charge in [0.2, 0.25) is 0 Å². The molecule has 0 unspecified atom stereocenters. The Kier molecular flexibility index (Phi) is 5.62. The lowest BCUT2D eigenvalue weighted by atomic mass is 10.1. The third-order valence-corrected chi connectivity index (χ3v) is 4.53. The van der Waals surface area contributed by atoms with Crippen LogP contribution >= 0.6 is 0 Å². The van der Waals surface area contributed by atoms with Crippen molar-refractivity contribution in [2.24, 2.45) is 0 Å². The minimum Gasteiger partial charge on any atom is -0.322 e. The molecule has 0 saturated carbocycles. The molecule has 0 atom stereocenters. The summed E-state index contributed by atoms with van der Waals surface area (Å²) in [5.74, 6) is -0.330. The van der Waals surface area contributed by atoms with Crippen molar-refractivity contribution < 1.29 is 9.59 Å². The van der Waals surface area contributed by atoms with E-state index in [2.05, 4.69) is 15.6 Å². The Morgan fingerprint density at radius 2 is 1.07 bits per heavy atom. The van der Waals surface area contributed by atoms with Gasteiger partial charge in [0.15, 0.2) is 0 Å². The normalized spacial score (nSPS) is 10.3. The molecule has 4 rings (SSSR count). The van der Waals surface area contributed by atoms with Gasteiger partial charge in [-0.1, -0.05) is 48.5 Å². The van der Waals surface area contributed by atoms with Gasteiger partial charge in [0.1, 0.15) is 0 Å². The van der Waals surface area contributed by atoms with Crippen LogP contribution in [0.2, 0.25) is 0 Å². The molecule has 0 bridgehead atoms. The molecule has 2 amide bonds. The first-order valence-corrected chi connectivity index (χ1v) is 9.48. The van der Waals surface area contributed by atoms with Gasteiger partial charge in [0.25, 0.3) is 11.8 Å². The Bertz CT molecular complexity index is 1050. The summed E-state index contributed by atoms with van der Waals surface area (Å²) in [4.78, 5) is 28.9. The Hall–Kier alpha value is -4.25. The number of nitrogens with one attached hydrogen (secondary N) is 2. The zero-order valence-corrected chi connectivity index (χ0v) is 16.1. The highest BCUT2D eigenvalue weighted by Gasteiger charge is 2.07. The molecule has 0 aliphatic rings. The second-order valence-corrected chi connectivity index (χ2v) is 6.65. The minimum atomic E-state index is -0.177. The molecule has 146 valence electrons. The van der Waals surface area contributed by atoms with E-state index in [1.807, 2.05) is 72.8 Å². The summed E-state index contributed by atoms with van der Waals surface area (Å²) in [5.41, 5.74) is 4.21. The highest BCUT2D eigenvalue weighted by Crippen LogP contribution is 2.21. The van der Waals surface area contributed by atoms with Gasteiger partial charge in [-0.25, -0.2) is 0 Å². The van der Waals surface area contributed by atoms with Crippen LogP contribution in [0.1, 0.15) is 20.7 Å². The molecule has 5 heteroatoms. The van der Waals surface area contributed by atoms with E-state index in [-0.39, 0.29) is 11.8 Å². The molecule has 0 spiro atoms. The molecule has 1 aromatic heterocycles. The SMILES string of the molecule is O=C(Nc1ccc(-c2ccc(NC(=O)c3ccccc3)cn2)cc1)c1ccccc1. The van der Waals surface area contributed by atoms with Crippen molar-refractivity contribution in [1.29, 1.82) is 0 Å². The summed E-state index contributed by atoms with van der Waals surface area (Å²) < 4.78 is 0. The smallest absolute Gasteiger partial charge is 0.255 e.